The molecule has 0 spiro atoms. The van der Waals surface area contributed by atoms with Crippen molar-refractivity contribution in [1.29, 1.82) is 0 Å². The fourth-order valence-corrected chi connectivity index (χ4v) is 1.51. The van der Waals surface area contributed by atoms with Crippen molar-refractivity contribution in [2.45, 2.75) is 26.3 Å². The van der Waals surface area contributed by atoms with Gasteiger partial charge in [0.15, 0.2) is 0 Å². The minimum atomic E-state index is -0.585. The van der Waals surface area contributed by atoms with Crippen LogP contribution in [-0.2, 0) is 4.79 Å². The van der Waals surface area contributed by atoms with Crippen LogP contribution in [0.4, 0.5) is 5.69 Å². The Morgan fingerprint density at radius 1 is 1.41 bits per heavy atom. The lowest BCUT2D eigenvalue weighted by atomic mass is 10.0. The molecule has 0 aliphatic rings. The number of likely N-dealkylation sites (N-methyl/N-ethyl adjacent to an activating group) is 1. The first kappa shape index (κ1) is 13.5. The van der Waals surface area contributed by atoms with E-state index in [2.05, 4.69) is 10.6 Å². The third kappa shape index (κ3) is 3.75. The van der Waals surface area contributed by atoms with Crippen molar-refractivity contribution < 1.29 is 9.53 Å². The summed E-state index contributed by atoms with van der Waals surface area (Å²) in [5.74, 6) is 0.664. The van der Waals surface area contributed by atoms with Crippen LogP contribution in [0, 0.1) is 0 Å². The summed E-state index contributed by atoms with van der Waals surface area (Å²) in [6.45, 7) is 6.43. The van der Waals surface area contributed by atoms with Gasteiger partial charge in [0.1, 0.15) is 5.75 Å². The van der Waals surface area contributed by atoms with Gasteiger partial charge in [-0.1, -0.05) is 13.0 Å². The van der Waals surface area contributed by atoms with Gasteiger partial charge in [0.25, 0.3) is 0 Å². The van der Waals surface area contributed by atoms with Gasteiger partial charge in [-0.25, -0.2) is 0 Å². The van der Waals surface area contributed by atoms with Gasteiger partial charge in [0.2, 0.25) is 5.91 Å². The van der Waals surface area contributed by atoms with Crippen molar-refractivity contribution in [2.75, 3.05) is 19.0 Å². The number of carbonyl (C=O) groups excluding carboxylic acids is 1. The van der Waals surface area contributed by atoms with Gasteiger partial charge in [-0.2, -0.15) is 0 Å². The maximum Gasteiger partial charge on any atom is 0.244 e. The van der Waals surface area contributed by atoms with Crippen molar-refractivity contribution >= 4 is 11.6 Å². The largest absolute Gasteiger partial charge is 0.497 e. The van der Waals surface area contributed by atoms with Crippen molar-refractivity contribution in [3.63, 3.8) is 0 Å². The number of amides is 1. The molecule has 1 amide bonds. The second kappa shape index (κ2) is 5.68. The molecule has 0 unspecified atom stereocenters. The summed E-state index contributed by atoms with van der Waals surface area (Å²) in [6.07, 6.45) is 0. The number of benzene rings is 1. The standard InChI is InChI=1S/C13H20N2O2/c1-5-14-13(2,3)12(16)15-10-7-6-8-11(9-10)17-4/h6-9,14H,5H2,1-4H3,(H,15,16). The topological polar surface area (TPSA) is 50.4 Å². The Hall–Kier alpha value is -1.55. The third-order valence-corrected chi connectivity index (χ3v) is 2.51. The van der Waals surface area contributed by atoms with E-state index in [1.807, 2.05) is 39.0 Å². The van der Waals surface area contributed by atoms with Gasteiger partial charge in [-0.15, -0.1) is 0 Å². The smallest absolute Gasteiger partial charge is 0.244 e. The number of anilines is 1. The van der Waals surface area contributed by atoms with E-state index in [1.54, 1.807) is 13.2 Å². The number of nitrogens with one attached hydrogen (secondary N) is 2. The summed E-state index contributed by atoms with van der Waals surface area (Å²) in [6, 6.07) is 7.31. The third-order valence-electron chi connectivity index (χ3n) is 2.51. The normalized spacial score (nSPS) is 11.1. The number of methoxy groups -OCH3 is 1. The van der Waals surface area contributed by atoms with E-state index in [9.17, 15) is 4.79 Å². The molecule has 4 heteroatoms. The van der Waals surface area contributed by atoms with Crippen LogP contribution in [-0.4, -0.2) is 25.1 Å². The number of rotatable bonds is 5. The number of ether oxygens (including phenoxy) is 1. The Kier molecular flexibility index (Phi) is 4.52. The summed E-state index contributed by atoms with van der Waals surface area (Å²) in [7, 11) is 1.60. The lowest BCUT2D eigenvalue weighted by Gasteiger charge is -2.24. The highest BCUT2D eigenvalue weighted by Gasteiger charge is 2.26. The Morgan fingerprint density at radius 2 is 2.12 bits per heavy atom. The molecule has 0 bridgehead atoms. The second-order valence-electron chi connectivity index (χ2n) is 4.34. The van der Waals surface area contributed by atoms with E-state index in [-0.39, 0.29) is 5.91 Å². The molecular weight excluding hydrogens is 216 g/mol. The molecular formula is C13H20N2O2. The van der Waals surface area contributed by atoms with E-state index in [1.165, 1.54) is 0 Å². The summed E-state index contributed by atoms with van der Waals surface area (Å²) >= 11 is 0. The molecule has 17 heavy (non-hydrogen) atoms. The van der Waals surface area contributed by atoms with E-state index >= 15 is 0 Å². The fourth-order valence-electron chi connectivity index (χ4n) is 1.51. The minimum Gasteiger partial charge on any atom is -0.497 e. The van der Waals surface area contributed by atoms with Gasteiger partial charge < -0.3 is 15.4 Å². The van der Waals surface area contributed by atoms with Gasteiger partial charge in [-0.3, -0.25) is 4.79 Å². The summed E-state index contributed by atoms with van der Waals surface area (Å²) in [4.78, 5) is 12.0. The summed E-state index contributed by atoms with van der Waals surface area (Å²) in [5.41, 5.74) is 0.151. The molecule has 2 N–H and O–H groups in total. The van der Waals surface area contributed by atoms with Crippen molar-refractivity contribution in [3.8, 4) is 5.75 Å². The number of hydrogen-bond donors (Lipinski definition) is 2. The van der Waals surface area contributed by atoms with Crippen LogP contribution < -0.4 is 15.4 Å². The molecule has 0 heterocycles. The predicted molar refractivity (Wildman–Crippen MR) is 69.4 cm³/mol. The van der Waals surface area contributed by atoms with Crippen LogP contribution >= 0.6 is 0 Å². The molecule has 0 saturated carbocycles. The monoisotopic (exact) mass is 236 g/mol. The average Bonchev–Trinajstić information content (AvgIpc) is 2.29. The Labute approximate surface area is 102 Å². The lowest BCUT2D eigenvalue weighted by molar-refractivity contribution is -0.121. The molecule has 1 aromatic rings. The molecule has 94 valence electrons. The highest BCUT2D eigenvalue weighted by atomic mass is 16.5. The first-order valence-corrected chi connectivity index (χ1v) is 5.70. The first-order chi connectivity index (χ1) is 7.99. The molecule has 0 aromatic heterocycles. The summed E-state index contributed by atoms with van der Waals surface area (Å²) < 4.78 is 5.10. The van der Waals surface area contributed by atoms with Crippen LogP contribution in [0.1, 0.15) is 20.8 Å². The van der Waals surface area contributed by atoms with Crippen molar-refractivity contribution in [3.05, 3.63) is 24.3 Å². The zero-order valence-corrected chi connectivity index (χ0v) is 10.8. The Bertz CT molecular complexity index is 389. The fraction of sp³-hybridized carbons (Fsp3) is 0.462. The molecule has 0 atom stereocenters. The zero-order valence-electron chi connectivity index (χ0n) is 10.8. The second-order valence-corrected chi connectivity index (χ2v) is 4.34. The van der Waals surface area contributed by atoms with E-state index < -0.39 is 5.54 Å². The van der Waals surface area contributed by atoms with Crippen LogP contribution in [0.25, 0.3) is 0 Å². The number of hydrogen-bond acceptors (Lipinski definition) is 3. The minimum absolute atomic E-state index is 0.0624. The van der Waals surface area contributed by atoms with Crippen molar-refractivity contribution in [2.24, 2.45) is 0 Å². The van der Waals surface area contributed by atoms with Crippen LogP contribution in [0.3, 0.4) is 0 Å². The zero-order chi connectivity index (χ0) is 12.9. The van der Waals surface area contributed by atoms with Gasteiger partial charge >= 0.3 is 0 Å². The molecule has 0 aliphatic heterocycles. The maximum absolute atomic E-state index is 12.0. The summed E-state index contributed by atoms with van der Waals surface area (Å²) in [5, 5.41) is 5.99. The van der Waals surface area contributed by atoms with Crippen LogP contribution in [0.2, 0.25) is 0 Å². The first-order valence-electron chi connectivity index (χ1n) is 5.70. The van der Waals surface area contributed by atoms with Crippen molar-refractivity contribution in [1.82, 2.24) is 5.32 Å². The Balaban J connectivity index is 2.73. The highest BCUT2D eigenvalue weighted by Crippen LogP contribution is 2.18. The van der Waals surface area contributed by atoms with Gasteiger partial charge in [0, 0.05) is 11.8 Å². The number of carbonyl (C=O) groups is 1. The SMILES string of the molecule is CCNC(C)(C)C(=O)Nc1cccc(OC)c1. The van der Waals surface area contributed by atoms with Crippen LogP contribution in [0.15, 0.2) is 24.3 Å². The lowest BCUT2D eigenvalue weighted by Crippen LogP contribution is -2.49. The maximum atomic E-state index is 12.0. The van der Waals surface area contributed by atoms with Crippen LogP contribution in [0.5, 0.6) is 5.75 Å². The van der Waals surface area contributed by atoms with Gasteiger partial charge in [0.05, 0.1) is 12.6 Å². The van der Waals surface area contributed by atoms with E-state index in [4.69, 9.17) is 4.74 Å². The molecule has 4 nitrogen and oxygen atoms in total. The van der Waals surface area contributed by atoms with E-state index in [0.717, 1.165) is 18.0 Å². The molecule has 0 saturated heterocycles. The molecule has 1 aromatic carbocycles. The molecule has 0 aliphatic carbocycles. The molecule has 0 radical (unpaired) electrons. The average molecular weight is 236 g/mol. The molecule has 0 fully saturated rings. The highest BCUT2D eigenvalue weighted by molar-refractivity contribution is 5.97. The van der Waals surface area contributed by atoms with Gasteiger partial charge in [-0.05, 0) is 32.5 Å². The predicted octanol–water partition coefficient (Wildman–Crippen LogP) is 2.02. The molecule has 1 rings (SSSR count). The van der Waals surface area contributed by atoms with E-state index in [0.29, 0.717) is 0 Å². The quantitative estimate of drug-likeness (QED) is 0.822. The Morgan fingerprint density at radius 3 is 2.71 bits per heavy atom.